The van der Waals surface area contributed by atoms with E-state index in [0.717, 1.165) is 12.2 Å². The van der Waals surface area contributed by atoms with Gasteiger partial charge in [-0.2, -0.15) is 0 Å². The first kappa shape index (κ1) is 18.6. The molecule has 0 heterocycles. The highest BCUT2D eigenvalue weighted by atomic mass is 35.5. The molecular weight excluding hydrogens is 345 g/mol. The number of rotatable bonds is 8. The Morgan fingerprint density at radius 2 is 1.79 bits per heavy atom. The van der Waals surface area contributed by atoms with Gasteiger partial charge in [0.1, 0.15) is 5.75 Å². The average Bonchev–Trinajstić information content (AvgIpc) is 2.56. The number of unbranched alkanes of at least 4 members (excludes halogenated alkanes) is 3. The number of anilines is 1. The third-order valence-corrected chi connectivity index (χ3v) is 4.10. The summed E-state index contributed by atoms with van der Waals surface area (Å²) in [4.78, 5) is 12.2. The summed E-state index contributed by atoms with van der Waals surface area (Å²) in [7, 11) is 0. The molecule has 0 fully saturated rings. The Morgan fingerprint density at radius 1 is 1.04 bits per heavy atom. The molecule has 0 saturated heterocycles. The lowest BCUT2D eigenvalue weighted by molar-refractivity contribution is 0.102. The molecule has 2 aromatic rings. The topological polar surface area (TPSA) is 38.3 Å². The Labute approximate surface area is 152 Å². The second-order valence-electron chi connectivity index (χ2n) is 5.51. The standard InChI is InChI=1S/C19H21Cl2NO2/c1-2-3-4-5-12-24-16-9-7-15(8-10-16)22-19(23)17-11-6-14(20)13-18(17)21/h6-11,13H,2-5,12H2,1H3,(H,22,23). The van der Waals surface area contributed by atoms with Gasteiger partial charge >= 0.3 is 0 Å². The van der Waals surface area contributed by atoms with E-state index in [1.165, 1.54) is 19.3 Å². The molecule has 0 aliphatic heterocycles. The Kier molecular flexibility index (Phi) is 7.41. The predicted octanol–water partition coefficient (Wildman–Crippen LogP) is 6.20. The highest BCUT2D eigenvalue weighted by molar-refractivity contribution is 6.37. The highest BCUT2D eigenvalue weighted by Gasteiger charge is 2.11. The first-order valence-electron chi connectivity index (χ1n) is 8.09. The summed E-state index contributed by atoms with van der Waals surface area (Å²) in [5.41, 5.74) is 1.07. The summed E-state index contributed by atoms with van der Waals surface area (Å²) in [6.07, 6.45) is 4.70. The molecule has 0 bridgehead atoms. The zero-order valence-electron chi connectivity index (χ0n) is 13.6. The lowest BCUT2D eigenvalue weighted by atomic mass is 10.2. The van der Waals surface area contributed by atoms with E-state index in [1.54, 1.807) is 18.2 Å². The number of nitrogens with one attached hydrogen (secondary N) is 1. The molecule has 0 saturated carbocycles. The lowest BCUT2D eigenvalue weighted by Crippen LogP contribution is -2.12. The van der Waals surface area contributed by atoms with Crippen LogP contribution in [-0.2, 0) is 0 Å². The van der Waals surface area contributed by atoms with Crippen LogP contribution in [0.1, 0.15) is 43.0 Å². The van der Waals surface area contributed by atoms with E-state index in [-0.39, 0.29) is 5.91 Å². The Balaban J connectivity index is 1.88. The summed E-state index contributed by atoms with van der Waals surface area (Å²) in [6, 6.07) is 12.1. The number of ether oxygens (including phenoxy) is 1. The fraction of sp³-hybridized carbons (Fsp3) is 0.316. The number of carbonyl (C=O) groups is 1. The molecule has 24 heavy (non-hydrogen) atoms. The molecule has 2 rings (SSSR count). The average molecular weight is 366 g/mol. The summed E-state index contributed by atoms with van der Waals surface area (Å²) >= 11 is 11.9. The largest absolute Gasteiger partial charge is 0.494 e. The van der Waals surface area contributed by atoms with Crippen LogP contribution in [0.4, 0.5) is 5.69 Å². The van der Waals surface area contributed by atoms with Gasteiger partial charge in [0.2, 0.25) is 0 Å². The molecule has 0 aliphatic rings. The van der Waals surface area contributed by atoms with Gasteiger partial charge < -0.3 is 10.1 Å². The monoisotopic (exact) mass is 365 g/mol. The maximum absolute atomic E-state index is 12.2. The minimum Gasteiger partial charge on any atom is -0.494 e. The molecule has 128 valence electrons. The van der Waals surface area contributed by atoms with Crippen LogP contribution in [0.15, 0.2) is 42.5 Å². The van der Waals surface area contributed by atoms with E-state index in [1.807, 2.05) is 24.3 Å². The van der Waals surface area contributed by atoms with Crippen LogP contribution in [0.5, 0.6) is 5.75 Å². The number of carbonyl (C=O) groups excluding carboxylic acids is 1. The highest BCUT2D eigenvalue weighted by Crippen LogP contribution is 2.23. The molecule has 0 aromatic heterocycles. The maximum Gasteiger partial charge on any atom is 0.257 e. The van der Waals surface area contributed by atoms with Crippen LogP contribution in [-0.4, -0.2) is 12.5 Å². The van der Waals surface area contributed by atoms with E-state index in [2.05, 4.69) is 12.2 Å². The van der Waals surface area contributed by atoms with E-state index in [0.29, 0.717) is 27.9 Å². The molecule has 0 aliphatic carbocycles. The van der Waals surface area contributed by atoms with Crippen LogP contribution in [0, 0.1) is 0 Å². The van der Waals surface area contributed by atoms with Gasteiger partial charge in [0.25, 0.3) is 5.91 Å². The van der Waals surface area contributed by atoms with Crippen LogP contribution >= 0.6 is 23.2 Å². The molecule has 0 atom stereocenters. The summed E-state index contributed by atoms with van der Waals surface area (Å²) < 4.78 is 5.68. The van der Waals surface area contributed by atoms with Gasteiger partial charge in [0.15, 0.2) is 0 Å². The molecule has 1 N–H and O–H groups in total. The smallest absolute Gasteiger partial charge is 0.257 e. The number of benzene rings is 2. The minimum atomic E-state index is -0.273. The van der Waals surface area contributed by atoms with Gasteiger partial charge in [-0.05, 0) is 48.9 Å². The van der Waals surface area contributed by atoms with E-state index >= 15 is 0 Å². The van der Waals surface area contributed by atoms with E-state index < -0.39 is 0 Å². The quantitative estimate of drug-likeness (QED) is 0.565. The molecular formula is C19H21Cl2NO2. The van der Waals surface area contributed by atoms with Crippen molar-refractivity contribution in [1.82, 2.24) is 0 Å². The zero-order chi connectivity index (χ0) is 17.4. The molecule has 0 radical (unpaired) electrons. The van der Waals surface area contributed by atoms with Crippen molar-refractivity contribution in [3.8, 4) is 5.75 Å². The second kappa shape index (κ2) is 9.55. The SMILES string of the molecule is CCCCCCOc1ccc(NC(=O)c2ccc(Cl)cc2Cl)cc1. The molecule has 2 aromatic carbocycles. The normalized spacial score (nSPS) is 10.5. The van der Waals surface area contributed by atoms with Crippen molar-refractivity contribution in [3.05, 3.63) is 58.1 Å². The van der Waals surface area contributed by atoms with Crippen LogP contribution in [0.25, 0.3) is 0 Å². The van der Waals surface area contributed by atoms with Crippen molar-refractivity contribution in [2.75, 3.05) is 11.9 Å². The van der Waals surface area contributed by atoms with Gasteiger partial charge in [-0.3, -0.25) is 4.79 Å². The Hall–Kier alpha value is -1.71. The van der Waals surface area contributed by atoms with Crippen molar-refractivity contribution in [1.29, 1.82) is 0 Å². The van der Waals surface area contributed by atoms with Gasteiger partial charge in [0.05, 0.1) is 17.2 Å². The fourth-order valence-corrected chi connectivity index (χ4v) is 2.72. The van der Waals surface area contributed by atoms with Gasteiger partial charge in [0, 0.05) is 10.7 Å². The number of amides is 1. The van der Waals surface area contributed by atoms with Gasteiger partial charge in [-0.1, -0.05) is 49.4 Å². The minimum absolute atomic E-state index is 0.273. The van der Waals surface area contributed by atoms with Crippen LogP contribution in [0.2, 0.25) is 10.0 Å². The third kappa shape index (κ3) is 5.73. The first-order valence-corrected chi connectivity index (χ1v) is 8.85. The molecule has 0 spiro atoms. The van der Waals surface area contributed by atoms with Gasteiger partial charge in [-0.15, -0.1) is 0 Å². The molecule has 1 amide bonds. The lowest BCUT2D eigenvalue weighted by Gasteiger charge is -2.09. The summed E-state index contributed by atoms with van der Waals surface area (Å²) in [5.74, 6) is 0.527. The summed E-state index contributed by atoms with van der Waals surface area (Å²) in [6.45, 7) is 2.90. The van der Waals surface area contributed by atoms with Crippen molar-refractivity contribution < 1.29 is 9.53 Å². The Bertz CT molecular complexity index is 672. The fourth-order valence-electron chi connectivity index (χ4n) is 2.23. The van der Waals surface area contributed by atoms with Crippen molar-refractivity contribution >= 4 is 34.8 Å². The predicted molar refractivity (Wildman–Crippen MR) is 100 cm³/mol. The van der Waals surface area contributed by atoms with Crippen molar-refractivity contribution in [2.24, 2.45) is 0 Å². The van der Waals surface area contributed by atoms with Crippen molar-refractivity contribution in [2.45, 2.75) is 32.6 Å². The molecule has 5 heteroatoms. The Morgan fingerprint density at radius 3 is 2.46 bits per heavy atom. The van der Waals surface area contributed by atoms with E-state index in [4.69, 9.17) is 27.9 Å². The number of halogens is 2. The molecule has 0 unspecified atom stereocenters. The first-order chi connectivity index (χ1) is 11.6. The molecule has 3 nitrogen and oxygen atoms in total. The maximum atomic E-state index is 12.2. The van der Waals surface area contributed by atoms with Crippen LogP contribution in [0.3, 0.4) is 0 Å². The second-order valence-corrected chi connectivity index (χ2v) is 6.36. The zero-order valence-corrected chi connectivity index (χ0v) is 15.2. The number of hydrogen-bond acceptors (Lipinski definition) is 2. The third-order valence-electron chi connectivity index (χ3n) is 3.55. The van der Waals surface area contributed by atoms with Crippen molar-refractivity contribution in [3.63, 3.8) is 0 Å². The van der Waals surface area contributed by atoms with Crippen LogP contribution < -0.4 is 10.1 Å². The van der Waals surface area contributed by atoms with E-state index in [9.17, 15) is 4.79 Å². The van der Waals surface area contributed by atoms with Gasteiger partial charge in [-0.25, -0.2) is 0 Å². The number of hydrogen-bond donors (Lipinski definition) is 1. The summed E-state index contributed by atoms with van der Waals surface area (Å²) in [5, 5.41) is 3.63.